The SMILES string of the molecule is CC(C)(C)c1ccc2c(c1)c1cc(C(C)(C)C)cc(C(C)(C)C)c1n2-c1c(-c2ccccc2)cc(-c2nc(-c3ccccc3)cc(-c3ccccc3)n2)cc1-c1ccccc1. The topological polar surface area (TPSA) is 30.7 Å². The number of nitrogens with zero attached hydrogens (tertiary/aromatic N) is 3. The van der Waals surface area contributed by atoms with Gasteiger partial charge in [0, 0.05) is 38.6 Å². The van der Waals surface area contributed by atoms with Gasteiger partial charge in [-0.15, -0.1) is 0 Å². The van der Waals surface area contributed by atoms with Gasteiger partial charge in [0.2, 0.25) is 0 Å². The third-order valence-electron chi connectivity index (χ3n) is 12.0. The quantitative estimate of drug-likeness (QED) is 0.168. The van der Waals surface area contributed by atoms with Gasteiger partial charge >= 0.3 is 0 Å². The van der Waals surface area contributed by atoms with E-state index in [2.05, 4.69) is 225 Å². The van der Waals surface area contributed by atoms with E-state index in [1.807, 2.05) is 12.1 Å². The van der Waals surface area contributed by atoms with E-state index < -0.39 is 0 Å². The van der Waals surface area contributed by atoms with Gasteiger partial charge in [-0.2, -0.15) is 0 Å². The van der Waals surface area contributed by atoms with Crippen molar-refractivity contribution in [1.82, 2.24) is 14.5 Å². The number of hydrogen-bond donors (Lipinski definition) is 0. The molecular formula is C58H55N3. The van der Waals surface area contributed by atoms with Crippen LogP contribution in [0.2, 0.25) is 0 Å². The molecule has 2 heterocycles. The number of benzene rings is 7. The molecule has 0 atom stereocenters. The Morgan fingerprint density at radius 1 is 0.377 bits per heavy atom. The highest BCUT2D eigenvalue weighted by atomic mass is 15.0. The van der Waals surface area contributed by atoms with Crippen molar-refractivity contribution in [2.45, 2.75) is 78.6 Å². The predicted octanol–water partition coefficient (Wildman–Crippen LogP) is 15.8. The molecule has 9 rings (SSSR count). The molecule has 0 spiro atoms. The molecule has 3 heteroatoms. The van der Waals surface area contributed by atoms with Gasteiger partial charge in [0.25, 0.3) is 0 Å². The van der Waals surface area contributed by atoms with Crippen LogP contribution >= 0.6 is 0 Å². The molecule has 302 valence electrons. The van der Waals surface area contributed by atoms with Crippen molar-refractivity contribution >= 4 is 21.8 Å². The van der Waals surface area contributed by atoms with E-state index in [-0.39, 0.29) is 16.2 Å². The van der Waals surface area contributed by atoms with Gasteiger partial charge in [-0.05, 0) is 80.5 Å². The van der Waals surface area contributed by atoms with Crippen molar-refractivity contribution in [2.75, 3.05) is 0 Å². The lowest BCUT2D eigenvalue weighted by atomic mass is 9.79. The van der Waals surface area contributed by atoms with Crippen LogP contribution in [0, 0.1) is 0 Å². The Morgan fingerprint density at radius 2 is 0.820 bits per heavy atom. The minimum atomic E-state index is -0.155. The first-order valence-electron chi connectivity index (χ1n) is 21.6. The maximum atomic E-state index is 5.36. The Bertz CT molecular complexity index is 2910. The summed E-state index contributed by atoms with van der Waals surface area (Å²) >= 11 is 0. The molecule has 0 aliphatic heterocycles. The molecule has 0 bridgehead atoms. The summed E-state index contributed by atoms with van der Waals surface area (Å²) in [7, 11) is 0. The number of fused-ring (bicyclic) bond motifs is 3. The molecule has 0 N–H and O–H groups in total. The van der Waals surface area contributed by atoms with Crippen molar-refractivity contribution in [1.29, 1.82) is 0 Å². The first-order chi connectivity index (χ1) is 29.1. The minimum Gasteiger partial charge on any atom is -0.308 e. The Morgan fingerprint density at radius 3 is 1.26 bits per heavy atom. The predicted molar refractivity (Wildman–Crippen MR) is 260 cm³/mol. The van der Waals surface area contributed by atoms with E-state index in [4.69, 9.17) is 9.97 Å². The first-order valence-corrected chi connectivity index (χ1v) is 21.6. The molecule has 7 aromatic carbocycles. The number of aromatic nitrogens is 3. The van der Waals surface area contributed by atoms with E-state index in [0.29, 0.717) is 5.82 Å². The molecule has 9 aromatic rings. The zero-order chi connectivity index (χ0) is 42.7. The first kappa shape index (κ1) is 39.9. The van der Waals surface area contributed by atoms with E-state index >= 15 is 0 Å². The second kappa shape index (κ2) is 15.2. The van der Waals surface area contributed by atoms with Gasteiger partial charge in [-0.1, -0.05) is 196 Å². The normalized spacial score (nSPS) is 12.3. The van der Waals surface area contributed by atoms with Crippen LogP contribution in [0.4, 0.5) is 0 Å². The molecule has 0 saturated heterocycles. The molecule has 0 saturated carbocycles. The smallest absolute Gasteiger partial charge is 0.160 e. The molecule has 0 aliphatic carbocycles. The second-order valence-corrected chi connectivity index (χ2v) is 19.6. The summed E-state index contributed by atoms with van der Waals surface area (Å²) in [5, 5.41) is 2.56. The molecule has 0 aliphatic rings. The van der Waals surface area contributed by atoms with Gasteiger partial charge in [-0.25, -0.2) is 9.97 Å². The summed E-state index contributed by atoms with van der Waals surface area (Å²) in [6.45, 7) is 21.0. The van der Waals surface area contributed by atoms with Gasteiger partial charge in [-0.3, -0.25) is 0 Å². The maximum Gasteiger partial charge on any atom is 0.160 e. The molecule has 3 nitrogen and oxygen atoms in total. The van der Waals surface area contributed by atoms with Gasteiger partial charge in [0.15, 0.2) is 5.82 Å². The largest absolute Gasteiger partial charge is 0.308 e. The standard InChI is InChI=1S/C58H55N3/c1-56(2,3)43-30-31-52-47(34-43)48-35-44(57(4,5)6)36-49(58(7,8)9)54(48)61(52)53-45(38-22-14-10-15-23-38)32-42(33-46(53)39-24-16-11-17-25-39)55-59-50(40-26-18-12-19-27-40)37-51(60-55)41-28-20-13-21-29-41/h10-37H,1-9H3. The lowest BCUT2D eigenvalue weighted by Gasteiger charge is -2.28. The summed E-state index contributed by atoms with van der Waals surface area (Å²) in [6, 6.07) is 61.5. The average Bonchev–Trinajstić information content (AvgIpc) is 3.59. The van der Waals surface area contributed by atoms with Crippen molar-refractivity contribution in [2.24, 2.45) is 0 Å². The van der Waals surface area contributed by atoms with E-state index in [1.165, 1.54) is 38.5 Å². The molecule has 0 fully saturated rings. The highest BCUT2D eigenvalue weighted by Crippen LogP contribution is 2.47. The highest BCUT2D eigenvalue weighted by molar-refractivity contribution is 6.12. The third-order valence-corrected chi connectivity index (χ3v) is 12.0. The maximum absolute atomic E-state index is 5.36. The van der Waals surface area contributed by atoms with Gasteiger partial charge in [0.1, 0.15) is 0 Å². The number of hydrogen-bond acceptors (Lipinski definition) is 2. The molecule has 0 unspecified atom stereocenters. The second-order valence-electron chi connectivity index (χ2n) is 19.6. The summed E-state index contributed by atoms with van der Waals surface area (Å²) in [5.74, 6) is 0.684. The van der Waals surface area contributed by atoms with Crippen molar-refractivity contribution in [3.8, 4) is 61.8 Å². The van der Waals surface area contributed by atoms with Gasteiger partial charge < -0.3 is 4.57 Å². The van der Waals surface area contributed by atoms with Crippen LogP contribution in [0.3, 0.4) is 0 Å². The third kappa shape index (κ3) is 7.59. The van der Waals surface area contributed by atoms with Crippen molar-refractivity contribution in [3.63, 3.8) is 0 Å². The van der Waals surface area contributed by atoms with E-state index in [9.17, 15) is 0 Å². The molecule has 0 radical (unpaired) electrons. The fourth-order valence-corrected chi connectivity index (χ4v) is 8.62. The van der Waals surface area contributed by atoms with Crippen LogP contribution in [0.5, 0.6) is 0 Å². The molecule has 61 heavy (non-hydrogen) atoms. The fourth-order valence-electron chi connectivity index (χ4n) is 8.62. The number of rotatable bonds is 6. The molecule has 2 aromatic heterocycles. The van der Waals surface area contributed by atoms with E-state index in [0.717, 1.165) is 56.0 Å². The summed E-state index contributed by atoms with van der Waals surface area (Å²) in [4.78, 5) is 10.7. The van der Waals surface area contributed by atoms with Crippen molar-refractivity contribution < 1.29 is 0 Å². The Balaban J connectivity index is 1.46. The minimum absolute atomic E-state index is 0.0178. The van der Waals surface area contributed by atoms with Crippen LogP contribution in [-0.4, -0.2) is 14.5 Å². The molecular weight excluding hydrogens is 739 g/mol. The summed E-state index contributed by atoms with van der Waals surface area (Å²) in [6.07, 6.45) is 0. The lowest BCUT2D eigenvalue weighted by Crippen LogP contribution is -2.18. The summed E-state index contributed by atoms with van der Waals surface area (Å²) in [5.41, 5.74) is 16.7. The van der Waals surface area contributed by atoms with Crippen LogP contribution in [0.25, 0.3) is 83.6 Å². The zero-order valence-electron chi connectivity index (χ0n) is 37.0. The average molecular weight is 794 g/mol. The van der Waals surface area contributed by atoms with Gasteiger partial charge in [0.05, 0.1) is 28.1 Å². The summed E-state index contributed by atoms with van der Waals surface area (Å²) < 4.78 is 2.59. The van der Waals surface area contributed by atoms with E-state index in [1.54, 1.807) is 0 Å². The highest BCUT2D eigenvalue weighted by Gasteiger charge is 2.30. The van der Waals surface area contributed by atoms with Crippen molar-refractivity contribution in [3.05, 3.63) is 187 Å². The Labute approximate surface area is 361 Å². The lowest BCUT2D eigenvalue weighted by molar-refractivity contribution is 0.572. The van der Waals surface area contributed by atoms with Crippen LogP contribution < -0.4 is 0 Å². The zero-order valence-corrected chi connectivity index (χ0v) is 37.0. The monoisotopic (exact) mass is 793 g/mol. The fraction of sp³-hybridized carbons (Fsp3) is 0.207. The van der Waals surface area contributed by atoms with Crippen LogP contribution in [0.15, 0.2) is 170 Å². The Hall–Kier alpha value is -6.58. The Kier molecular flexibility index (Phi) is 9.90. The van der Waals surface area contributed by atoms with Crippen LogP contribution in [0.1, 0.15) is 79.0 Å². The van der Waals surface area contributed by atoms with Crippen LogP contribution in [-0.2, 0) is 16.2 Å². The molecule has 0 amide bonds.